The number of nitrogens with zero attached hydrogens (tertiary/aromatic N) is 1. The lowest BCUT2D eigenvalue weighted by molar-refractivity contribution is -0.385. The van der Waals surface area contributed by atoms with Crippen LogP contribution in [0.15, 0.2) is 30.9 Å². The Labute approximate surface area is 99.5 Å². The molecule has 0 fully saturated rings. The topological polar surface area (TPSA) is 72.6 Å². The molecule has 1 aromatic carbocycles. The highest BCUT2D eigenvalue weighted by molar-refractivity contribution is 5.45. The summed E-state index contributed by atoms with van der Waals surface area (Å²) in [7, 11) is 0. The zero-order valence-corrected chi connectivity index (χ0v) is 9.79. The van der Waals surface area contributed by atoms with E-state index in [0.717, 1.165) is 0 Å². The Morgan fingerprint density at radius 2 is 2.18 bits per heavy atom. The maximum absolute atomic E-state index is 10.6. The summed E-state index contributed by atoms with van der Waals surface area (Å²) in [6, 6.07) is 4.15. The largest absolute Gasteiger partial charge is 0.486 e. The van der Waals surface area contributed by atoms with Crippen LogP contribution in [0, 0.1) is 10.1 Å². The molecule has 0 aromatic heterocycles. The Kier molecular flexibility index (Phi) is 4.23. The summed E-state index contributed by atoms with van der Waals surface area (Å²) in [4.78, 5) is 10.1. The standard InChI is InChI=1S/C12H15NO4/c1-4-8(2)17-12-6-5-10(13(15)16)7-11(12)9(3)14/h4-9,14H,1H2,2-3H3/t8?,9-/m0/s1. The smallest absolute Gasteiger partial charge is 0.270 e. The third-order valence-corrected chi connectivity index (χ3v) is 2.30. The Bertz CT molecular complexity index is 429. The molecule has 0 bridgehead atoms. The second-order valence-corrected chi connectivity index (χ2v) is 3.71. The highest BCUT2D eigenvalue weighted by Gasteiger charge is 2.16. The normalized spacial score (nSPS) is 13.8. The quantitative estimate of drug-likeness (QED) is 0.485. The summed E-state index contributed by atoms with van der Waals surface area (Å²) in [6.07, 6.45) is 0.545. The maximum Gasteiger partial charge on any atom is 0.270 e. The van der Waals surface area contributed by atoms with Gasteiger partial charge in [0, 0.05) is 17.7 Å². The molecule has 0 amide bonds. The van der Waals surface area contributed by atoms with Crippen LogP contribution < -0.4 is 4.74 Å². The zero-order chi connectivity index (χ0) is 13.0. The summed E-state index contributed by atoms with van der Waals surface area (Å²) in [5.74, 6) is 0.429. The summed E-state index contributed by atoms with van der Waals surface area (Å²) >= 11 is 0. The zero-order valence-electron chi connectivity index (χ0n) is 9.79. The summed E-state index contributed by atoms with van der Waals surface area (Å²) in [5.41, 5.74) is 0.326. The predicted octanol–water partition coefficient (Wildman–Crippen LogP) is 2.60. The molecule has 0 aliphatic rings. The summed E-state index contributed by atoms with van der Waals surface area (Å²) in [6.45, 7) is 6.91. The van der Waals surface area contributed by atoms with E-state index in [1.807, 2.05) is 0 Å². The van der Waals surface area contributed by atoms with E-state index < -0.39 is 11.0 Å². The van der Waals surface area contributed by atoms with Gasteiger partial charge in [-0.1, -0.05) is 12.7 Å². The van der Waals surface area contributed by atoms with E-state index in [-0.39, 0.29) is 11.8 Å². The van der Waals surface area contributed by atoms with Gasteiger partial charge in [0.05, 0.1) is 11.0 Å². The van der Waals surface area contributed by atoms with Crippen LogP contribution in [0.5, 0.6) is 5.75 Å². The van der Waals surface area contributed by atoms with Gasteiger partial charge >= 0.3 is 0 Å². The van der Waals surface area contributed by atoms with Crippen LogP contribution in [0.3, 0.4) is 0 Å². The molecule has 0 saturated heterocycles. The molecule has 5 heteroatoms. The maximum atomic E-state index is 10.6. The van der Waals surface area contributed by atoms with Crippen molar-refractivity contribution in [2.75, 3.05) is 0 Å². The van der Waals surface area contributed by atoms with E-state index in [4.69, 9.17) is 4.74 Å². The molecule has 0 saturated carbocycles. The fourth-order valence-electron chi connectivity index (χ4n) is 1.33. The molecule has 0 aliphatic heterocycles. The molecule has 0 aliphatic carbocycles. The fraction of sp³-hybridized carbons (Fsp3) is 0.333. The molecule has 0 radical (unpaired) electrons. The first-order valence-electron chi connectivity index (χ1n) is 5.21. The van der Waals surface area contributed by atoms with E-state index in [9.17, 15) is 15.2 Å². The Morgan fingerprint density at radius 1 is 1.53 bits per heavy atom. The number of ether oxygens (including phenoxy) is 1. The van der Waals surface area contributed by atoms with Gasteiger partial charge in [-0.05, 0) is 19.9 Å². The van der Waals surface area contributed by atoms with Gasteiger partial charge in [0.2, 0.25) is 0 Å². The molecule has 0 spiro atoms. The molecule has 1 rings (SSSR count). The Balaban J connectivity index is 3.12. The SMILES string of the molecule is C=CC(C)Oc1ccc([N+](=O)[O-])cc1[C@H](C)O. The number of aliphatic hydroxyl groups is 1. The highest BCUT2D eigenvalue weighted by Crippen LogP contribution is 2.30. The number of aliphatic hydroxyl groups excluding tert-OH is 1. The van der Waals surface area contributed by atoms with Crippen LogP contribution in [0.4, 0.5) is 5.69 Å². The van der Waals surface area contributed by atoms with Crippen molar-refractivity contribution in [3.8, 4) is 5.75 Å². The first-order chi connectivity index (χ1) is 7.95. The van der Waals surface area contributed by atoms with Crippen molar-refractivity contribution in [2.45, 2.75) is 26.1 Å². The molecular formula is C12H15NO4. The molecule has 2 atom stereocenters. The van der Waals surface area contributed by atoms with E-state index in [1.54, 1.807) is 13.0 Å². The van der Waals surface area contributed by atoms with Crippen molar-refractivity contribution in [1.82, 2.24) is 0 Å². The Hall–Kier alpha value is -1.88. The van der Waals surface area contributed by atoms with Gasteiger partial charge in [-0.2, -0.15) is 0 Å². The lowest BCUT2D eigenvalue weighted by atomic mass is 10.1. The first-order valence-corrected chi connectivity index (χ1v) is 5.21. The van der Waals surface area contributed by atoms with Crippen LogP contribution in [0.25, 0.3) is 0 Å². The van der Waals surface area contributed by atoms with Crippen molar-refractivity contribution in [3.05, 3.63) is 46.5 Å². The molecule has 1 N–H and O–H groups in total. The molecule has 0 heterocycles. The number of rotatable bonds is 5. The highest BCUT2D eigenvalue weighted by atomic mass is 16.6. The van der Waals surface area contributed by atoms with Gasteiger partial charge in [-0.25, -0.2) is 0 Å². The van der Waals surface area contributed by atoms with Gasteiger partial charge in [-0.3, -0.25) is 10.1 Å². The van der Waals surface area contributed by atoms with Gasteiger partial charge in [0.25, 0.3) is 5.69 Å². The lowest BCUT2D eigenvalue weighted by Crippen LogP contribution is -2.10. The average molecular weight is 237 g/mol. The van der Waals surface area contributed by atoms with Crippen molar-refractivity contribution in [2.24, 2.45) is 0 Å². The minimum absolute atomic E-state index is 0.0699. The predicted molar refractivity (Wildman–Crippen MR) is 64.0 cm³/mol. The van der Waals surface area contributed by atoms with Crippen LogP contribution in [0.1, 0.15) is 25.5 Å². The summed E-state index contributed by atoms with van der Waals surface area (Å²) < 4.78 is 5.49. The van der Waals surface area contributed by atoms with Gasteiger partial charge in [-0.15, -0.1) is 0 Å². The lowest BCUT2D eigenvalue weighted by Gasteiger charge is -2.15. The second-order valence-electron chi connectivity index (χ2n) is 3.71. The second kappa shape index (κ2) is 5.45. The molecular weight excluding hydrogens is 222 g/mol. The minimum Gasteiger partial charge on any atom is -0.486 e. The Morgan fingerprint density at radius 3 is 2.65 bits per heavy atom. The average Bonchev–Trinajstić information content (AvgIpc) is 2.28. The number of hydrogen-bond donors (Lipinski definition) is 1. The molecule has 1 unspecified atom stereocenters. The van der Waals surface area contributed by atoms with Crippen molar-refractivity contribution in [1.29, 1.82) is 0 Å². The van der Waals surface area contributed by atoms with Gasteiger partial charge in [0.1, 0.15) is 11.9 Å². The van der Waals surface area contributed by atoms with Crippen molar-refractivity contribution < 1.29 is 14.8 Å². The molecule has 1 aromatic rings. The monoisotopic (exact) mass is 237 g/mol. The van der Waals surface area contributed by atoms with Crippen LogP contribution in [-0.4, -0.2) is 16.1 Å². The van der Waals surface area contributed by atoms with E-state index >= 15 is 0 Å². The number of benzene rings is 1. The first kappa shape index (κ1) is 13.2. The minimum atomic E-state index is -0.832. The fourth-order valence-corrected chi connectivity index (χ4v) is 1.33. The molecule has 92 valence electrons. The van der Waals surface area contributed by atoms with Gasteiger partial charge < -0.3 is 9.84 Å². The van der Waals surface area contributed by atoms with Crippen LogP contribution >= 0.6 is 0 Å². The van der Waals surface area contributed by atoms with Gasteiger partial charge in [0.15, 0.2) is 0 Å². The van der Waals surface area contributed by atoms with E-state index in [1.165, 1.54) is 25.1 Å². The summed E-state index contributed by atoms with van der Waals surface area (Å²) in [5, 5.41) is 20.2. The van der Waals surface area contributed by atoms with Crippen molar-refractivity contribution >= 4 is 5.69 Å². The molecule has 17 heavy (non-hydrogen) atoms. The number of nitro benzene ring substituents is 1. The van der Waals surface area contributed by atoms with Crippen LogP contribution in [-0.2, 0) is 0 Å². The van der Waals surface area contributed by atoms with Crippen molar-refractivity contribution in [3.63, 3.8) is 0 Å². The van der Waals surface area contributed by atoms with Crippen LogP contribution in [0.2, 0.25) is 0 Å². The number of non-ortho nitro benzene ring substituents is 1. The third kappa shape index (κ3) is 3.29. The third-order valence-electron chi connectivity index (χ3n) is 2.30. The van der Waals surface area contributed by atoms with E-state index in [0.29, 0.717) is 11.3 Å². The number of nitro groups is 1. The number of hydrogen-bond acceptors (Lipinski definition) is 4. The molecule has 5 nitrogen and oxygen atoms in total. The van der Waals surface area contributed by atoms with E-state index in [2.05, 4.69) is 6.58 Å².